The van der Waals surface area contributed by atoms with Gasteiger partial charge in [-0.05, 0) is 29.8 Å². The summed E-state index contributed by atoms with van der Waals surface area (Å²) in [7, 11) is 0. The van der Waals surface area contributed by atoms with Crippen molar-refractivity contribution in [2.24, 2.45) is 0 Å². The van der Waals surface area contributed by atoms with Crippen LogP contribution in [0.2, 0.25) is 0 Å². The molecule has 0 aliphatic carbocycles. The fourth-order valence-corrected chi connectivity index (χ4v) is 1.35. The van der Waals surface area contributed by atoms with E-state index in [2.05, 4.69) is 27.4 Å². The van der Waals surface area contributed by atoms with Gasteiger partial charge < -0.3 is 5.11 Å². The first-order valence-corrected chi connectivity index (χ1v) is 5.47. The summed E-state index contributed by atoms with van der Waals surface area (Å²) >= 11 is 0. The molecule has 2 aromatic rings. The van der Waals surface area contributed by atoms with Crippen molar-refractivity contribution in [1.82, 2.24) is 20.8 Å². The van der Waals surface area contributed by atoms with Gasteiger partial charge in [-0.1, -0.05) is 6.58 Å². The molecule has 1 aromatic heterocycles. The molecule has 1 amide bonds. The van der Waals surface area contributed by atoms with Gasteiger partial charge in [-0.25, -0.2) is 4.98 Å². The lowest BCUT2D eigenvalue weighted by atomic mass is 10.2. The standard InChI is InChI=1S/C13H12N4O2/c1-9(10-2-4-11(18)5-3-10)16-17-13(19)12-8-14-6-7-15-12/h2-8,16,18H,1H2,(H,17,19). The summed E-state index contributed by atoms with van der Waals surface area (Å²) in [4.78, 5) is 19.3. The van der Waals surface area contributed by atoms with Crippen molar-refractivity contribution in [3.05, 3.63) is 60.7 Å². The fourth-order valence-electron chi connectivity index (χ4n) is 1.35. The van der Waals surface area contributed by atoms with Crippen LogP contribution in [-0.4, -0.2) is 21.0 Å². The van der Waals surface area contributed by atoms with Gasteiger partial charge in [0.2, 0.25) is 0 Å². The van der Waals surface area contributed by atoms with Gasteiger partial charge in [0.05, 0.1) is 11.9 Å². The highest BCUT2D eigenvalue weighted by atomic mass is 16.3. The Bertz CT molecular complexity index is 581. The molecule has 0 fully saturated rings. The van der Waals surface area contributed by atoms with E-state index in [0.29, 0.717) is 5.70 Å². The molecular weight excluding hydrogens is 244 g/mol. The minimum absolute atomic E-state index is 0.167. The Kier molecular flexibility index (Phi) is 3.72. The van der Waals surface area contributed by atoms with Crippen LogP contribution in [-0.2, 0) is 0 Å². The van der Waals surface area contributed by atoms with E-state index in [1.165, 1.54) is 30.7 Å². The number of hydrogen-bond acceptors (Lipinski definition) is 5. The predicted octanol–water partition coefficient (Wildman–Crippen LogP) is 1.09. The zero-order chi connectivity index (χ0) is 13.7. The molecule has 1 heterocycles. The van der Waals surface area contributed by atoms with Crippen LogP contribution < -0.4 is 10.9 Å². The zero-order valence-corrected chi connectivity index (χ0v) is 10.00. The Labute approximate surface area is 109 Å². The molecule has 0 aliphatic rings. The molecule has 0 radical (unpaired) electrons. The molecule has 0 aliphatic heterocycles. The van der Waals surface area contributed by atoms with Gasteiger partial charge in [0.15, 0.2) is 0 Å². The number of nitrogens with one attached hydrogen (secondary N) is 2. The third-order valence-corrected chi connectivity index (χ3v) is 2.34. The van der Waals surface area contributed by atoms with Gasteiger partial charge in [-0.2, -0.15) is 0 Å². The van der Waals surface area contributed by atoms with Crippen molar-refractivity contribution in [3.63, 3.8) is 0 Å². The number of hydrazine groups is 1. The van der Waals surface area contributed by atoms with E-state index < -0.39 is 5.91 Å². The number of aromatic nitrogens is 2. The Hall–Kier alpha value is -2.89. The molecule has 6 heteroatoms. The lowest BCUT2D eigenvalue weighted by molar-refractivity contribution is 0.0937. The highest BCUT2D eigenvalue weighted by Gasteiger charge is 2.06. The monoisotopic (exact) mass is 256 g/mol. The lowest BCUT2D eigenvalue weighted by Crippen LogP contribution is -2.36. The Balaban J connectivity index is 1.94. The predicted molar refractivity (Wildman–Crippen MR) is 69.8 cm³/mol. The first kappa shape index (κ1) is 12.6. The van der Waals surface area contributed by atoms with Crippen LogP contribution in [0.25, 0.3) is 5.70 Å². The smallest absolute Gasteiger partial charge is 0.289 e. The molecule has 0 saturated carbocycles. The molecular formula is C13H12N4O2. The number of hydrogen-bond donors (Lipinski definition) is 3. The molecule has 0 bridgehead atoms. The number of carbonyl (C=O) groups excluding carboxylic acids is 1. The molecule has 0 unspecified atom stereocenters. The molecule has 0 saturated heterocycles. The number of rotatable bonds is 4. The SMILES string of the molecule is C=C(NNC(=O)c1cnccn1)c1ccc(O)cc1. The minimum Gasteiger partial charge on any atom is -0.508 e. The third-order valence-electron chi connectivity index (χ3n) is 2.34. The summed E-state index contributed by atoms with van der Waals surface area (Å²) in [5.41, 5.74) is 6.58. The van der Waals surface area contributed by atoms with Crippen LogP contribution in [0, 0.1) is 0 Å². The Morgan fingerprint density at radius 2 is 1.89 bits per heavy atom. The van der Waals surface area contributed by atoms with Crippen molar-refractivity contribution in [3.8, 4) is 5.75 Å². The van der Waals surface area contributed by atoms with Crippen molar-refractivity contribution >= 4 is 11.6 Å². The largest absolute Gasteiger partial charge is 0.508 e. The topological polar surface area (TPSA) is 87.1 Å². The van der Waals surface area contributed by atoms with Crippen molar-refractivity contribution in [1.29, 1.82) is 0 Å². The molecule has 1 aromatic carbocycles. The summed E-state index contributed by atoms with van der Waals surface area (Å²) in [6, 6.07) is 6.43. The second-order valence-electron chi connectivity index (χ2n) is 3.70. The quantitative estimate of drug-likeness (QED) is 0.713. The van der Waals surface area contributed by atoms with Gasteiger partial charge in [0.1, 0.15) is 11.4 Å². The molecule has 96 valence electrons. The Morgan fingerprint density at radius 1 is 1.16 bits per heavy atom. The fraction of sp³-hybridized carbons (Fsp3) is 0. The highest BCUT2D eigenvalue weighted by Crippen LogP contribution is 2.13. The van der Waals surface area contributed by atoms with Crippen molar-refractivity contribution in [2.45, 2.75) is 0 Å². The molecule has 2 rings (SSSR count). The first-order valence-electron chi connectivity index (χ1n) is 5.47. The molecule has 19 heavy (non-hydrogen) atoms. The summed E-state index contributed by atoms with van der Waals surface area (Å²) in [6.07, 6.45) is 4.28. The minimum atomic E-state index is -0.409. The number of phenolic OH excluding ortho intramolecular Hbond substituents is 1. The zero-order valence-electron chi connectivity index (χ0n) is 10.00. The van der Waals surface area contributed by atoms with Gasteiger partial charge >= 0.3 is 0 Å². The van der Waals surface area contributed by atoms with E-state index in [9.17, 15) is 9.90 Å². The van der Waals surface area contributed by atoms with Gasteiger partial charge in [0, 0.05) is 12.4 Å². The van der Waals surface area contributed by atoms with E-state index in [-0.39, 0.29) is 11.4 Å². The van der Waals surface area contributed by atoms with Crippen LogP contribution >= 0.6 is 0 Å². The number of benzene rings is 1. The maximum absolute atomic E-state index is 11.7. The highest BCUT2D eigenvalue weighted by molar-refractivity contribution is 5.92. The molecule has 0 spiro atoms. The molecule has 0 atom stereocenters. The van der Waals surface area contributed by atoms with E-state index >= 15 is 0 Å². The Morgan fingerprint density at radius 3 is 2.53 bits per heavy atom. The maximum atomic E-state index is 11.7. The van der Waals surface area contributed by atoms with Crippen LogP contribution in [0.15, 0.2) is 49.4 Å². The van der Waals surface area contributed by atoms with Crippen LogP contribution in [0.1, 0.15) is 16.1 Å². The normalized spacial score (nSPS) is 9.68. The number of nitrogens with zero attached hydrogens (tertiary/aromatic N) is 2. The van der Waals surface area contributed by atoms with Crippen LogP contribution in [0.4, 0.5) is 0 Å². The van der Waals surface area contributed by atoms with Gasteiger partial charge in [0.25, 0.3) is 5.91 Å². The van der Waals surface area contributed by atoms with E-state index in [1.54, 1.807) is 12.1 Å². The molecule has 6 nitrogen and oxygen atoms in total. The van der Waals surface area contributed by atoms with E-state index in [4.69, 9.17) is 0 Å². The van der Waals surface area contributed by atoms with Crippen molar-refractivity contribution < 1.29 is 9.90 Å². The lowest BCUT2D eigenvalue weighted by Gasteiger charge is -2.10. The number of carbonyl (C=O) groups is 1. The summed E-state index contributed by atoms with van der Waals surface area (Å²) in [5, 5.41) is 9.17. The molecule has 3 N–H and O–H groups in total. The third kappa shape index (κ3) is 3.29. The van der Waals surface area contributed by atoms with Crippen LogP contribution in [0.5, 0.6) is 5.75 Å². The second-order valence-corrected chi connectivity index (χ2v) is 3.70. The summed E-state index contributed by atoms with van der Waals surface area (Å²) < 4.78 is 0. The number of amides is 1. The first-order chi connectivity index (χ1) is 9.16. The second kappa shape index (κ2) is 5.63. The van der Waals surface area contributed by atoms with Crippen molar-refractivity contribution in [2.75, 3.05) is 0 Å². The van der Waals surface area contributed by atoms with E-state index in [0.717, 1.165) is 5.56 Å². The van der Waals surface area contributed by atoms with Crippen LogP contribution in [0.3, 0.4) is 0 Å². The van der Waals surface area contributed by atoms with Gasteiger partial charge in [-0.3, -0.25) is 20.6 Å². The number of aromatic hydroxyl groups is 1. The number of phenols is 1. The maximum Gasteiger partial charge on any atom is 0.289 e. The summed E-state index contributed by atoms with van der Waals surface area (Å²) in [6.45, 7) is 3.78. The average Bonchev–Trinajstić information content (AvgIpc) is 2.46. The average molecular weight is 256 g/mol. The van der Waals surface area contributed by atoms with E-state index in [1.807, 2.05) is 0 Å². The summed E-state index contributed by atoms with van der Waals surface area (Å²) in [5.74, 6) is -0.242. The van der Waals surface area contributed by atoms with Gasteiger partial charge in [-0.15, -0.1) is 0 Å².